The van der Waals surface area contributed by atoms with Crippen molar-refractivity contribution in [1.82, 2.24) is 9.80 Å². The smallest absolute Gasteiger partial charge is 0.238 e. The van der Waals surface area contributed by atoms with E-state index in [1.54, 1.807) is 11.8 Å². The van der Waals surface area contributed by atoms with E-state index < -0.39 is 0 Å². The average Bonchev–Trinajstić information content (AvgIpc) is 2.52. The molecule has 0 unspecified atom stereocenters. The molecule has 1 heterocycles. The van der Waals surface area contributed by atoms with Gasteiger partial charge >= 0.3 is 0 Å². The third-order valence-electron chi connectivity index (χ3n) is 4.11. The topological polar surface area (TPSA) is 52.7 Å². The van der Waals surface area contributed by atoms with Gasteiger partial charge in [-0.2, -0.15) is 11.8 Å². The summed E-state index contributed by atoms with van der Waals surface area (Å²) in [4.78, 5) is 28.1. The largest absolute Gasteiger partial charge is 0.339 e. The summed E-state index contributed by atoms with van der Waals surface area (Å²) in [5.74, 6) is 0.732. The fourth-order valence-electron chi connectivity index (χ4n) is 2.76. The Balaban J connectivity index is 1.82. The van der Waals surface area contributed by atoms with Crippen molar-refractivity contribution in [1.29, 1.82) is 0 Å². The lowest BCUT2D eigenvalue weighted by atomic mass is 10.1. The highest BCUT2D eigenvalue weighted by Gasteiger charge is 2.22. The van der Waals surface area contributed by atoms with Crippen molar-refractivity contribution >= 4 is 29.3 Å². The molecule has 1 N–H and O–H groups in total. The zero-order valence-electron chi connectivity index (χ0n) is 14.1. The first kappa shape index (κ1) is 17.8. The predicted molar refractivity (Wildman–Crippen MR) is 95.9 cm³/mol. The molecule has 1 fully saturated rings. The lowest BCUT2D eigenvalue weighted by molar-refractivity contribution is -0.130. The summed E-state index contributed by atoms with van der Waals surface area (Å²) in [5, 5.41) is 3.02. The summed E-state index contributed by atoms with van der Waals surface area (Å²) in [6.45, 7) is 7.28. The van der Waals surface area contributed by atoms with Gasteiger partial charge in [-0.25, -0.2) is 0 Å². The van der Waals surface area contributed by atoms with Crippen LogP contribution in [0.2, 0.25) is 0 Å². The number of hydrogen-bond donors (Lipinski definition) is 1. The van der Waals surface area contributed by atoms with Gasteiger partial charge in [0.2, 0.25) is 11.8 Å². The van der Waals surface area contributed by atoms with Crippen LogP contribution in [0.3, 0.4) is 0 Å². The van der Waals surface area contributed by atoms with E-state index in [0.717, 1.165) is 29.9 Å². The molecule has 0 aromatic heterocycles. The Morgan fingerprint density at radius 1 is 1.13 bits per heavy atom. The van der Waals surface area contributed by atoms with Crippen LogP contribution < -0.4 is 5.32 Å². The molecule has 126 valence electrons. The summed E-state index contributed by atoms with van der Waals surface area (Å²) in [6.07, 6.45) is 1.94. The summed E-state index contributed by atoms with van der Waals surface area (Å²) in [5.41, 5.74) is 3.06. The van der Waals surface area contributed by atoms with Gasteiger partial charge in [0, 0.05) is 31.9 Å². The number of benzene rings is 1. The number of aryl methyl sites for hydroxylation is 2. The highest BCUT2D eigenvalue weighted by atomic mass is 32.2. The molecular formula is C17H25N3O2S. The molecule has 1 saturated heterocycles. The molecular weight excluding hydrogens is 310 g/mol. The van der Waals surface area contributed by atoms with E-state index in [-0.39, 0.29) is 11.8 Å². The van der Waals surface area contributed by atoms with E-state index in [0.29, 0.717) is 25.4 Å². The van der Waals surface area contributed by atoms with Gasteiger partial charge in [0.05, 0.1) is 12.3 Å². The second kappa shape index (κ2) is 8.36. The number of carbonyl (C=O) groups excluding carboxylic acids is 2. The average molecular weight is 335 g/mol. The van der Waals surface area contributed by atoms with Crippen molar-refractivity contribution < 1.29 is 9.59 Å². The number of para-hydroxylation sites is 1. The third kappa shape index (κ3) is 4.97. The molecule has 5 nitrogen and oxygen atoms in total. The Labute approximate surface area is 142 Å². The molecule has 0 aliphatic carbocycles. The van der Waals surface area contributed by atoms with E-state index in [9.17, 15) is 9.59 Å². The molecule has 1 aliphatic heterocycles. The molecule has 0 bridgehead atoms. The van der Waals surface area contributed by atoms with Crippen molar-refractivity contribution in [2.24, 2.45) is 0 Å². The molecule has 23 heavy (non-hydrogen) atoms. The predicted octanol–water partition coefficient (Wildman–Crippen LogP) is 1.75. The summed E-state index contributed by atoms with van der Waals surface area (Å²) >= 11 is 1.55. The number of carbonyl (C=O) groups is 2. The first-order chi connectivity index (χ1) is 11.0. The number of hydrogen-bond acceptors (Lipinski definition) is 4. The van der Waals surface area contributed by atoms with Crippen molar-refractivity contribution in [3.05, 3.63) is 29.3 Å². The number of amides is 2. The van der Waals surface area contributed by atoms with Crippen molar-refractivity contribution in [3.8, 4) is 0 Å². The molecule has 6 heteroatoms. The lowest BCUT2D eigenvalue weighted by Gasteiger charge is -2.34. The maximum Gasteiger partial charge on any atom is 0.238 e. The molecule has 0 atom stereocenters. The van der Waals surface area contributed by atoms with Crippen LogP contribution >= 0.6 is 11.8 Å². The Morgan fingerprint density at radius 3 is 2.30 bits per heavy atom. The Bertz CT molecular complexity index is 549. The van der Waals surface area contributed by atoms with Gasteiger partial charge in [0.1, 0.15) is 0 Å². The van der Waals surface area contributed by atoms with Crippen LogP contribution in [0.25, 0.3) is 0 Å². The van der Waals surface area contributed by atoms with E-state index in [1.807, 2.05) is 43.2 Å². The van der Waals surface area contributed by atoms with Crippen LogP contribution in [0, 0.1) is 13.8 Å². The standard InChI is InChI=1S/C17H25N3O2S/c1-13-5-4-6-14(2)17(13)18-15(21)11-19-7-9-20(10-8-19)16(22)12-23-3/h4-6H,7-12H2,1-3H3,(H,18,21). The molecule has 2 amide bonds. The van der Waals surface area contributed by atoms with E-state index >= 15 is 0 Å². The minimum atomic E-state index is 0.00582. The second-order valence-corrected chi connectivity index (χ2v) is 6.77. The van der Waals surface area contributed by atoms with Crippen LogP contribution in [0.1, 0.15) is 11.1 Å². The number of rotatable bonds is 5. The molecule has 0 saturated carbocycles. The minimum Gasteiger partial charge on any atom is -0.339 e. The molecule has 1 aromatic carbocycles. The number of nitrogens with zero attached hydrogens (tertiary/aromatic N) is 2. The molecule has 0 radical (unpaired) electrons. The minimum absolute atomic E-state index is 0.00582. The SMILES string of the molecule is CSCC(=O)N1CCN(CC(=O)Nc2c(C)cccc2C)CC1. The normalized spacial score (nSPS) is 15.5. The summed E-state index contributed by atoms with van der Waals surface area (Å²) in [6, 6.07) is 5.99. The van der Waals surface area contributed by atoms with Gasteiger partial charge in [-0.05, 0) is 31.2 Å². The lowest BCUT2D eigenvalue weighted by Crippen LogP contribution is -2.50. The van der Waals surface area contributed by atoms with Crippen molar-refractivity contribution in [3.63, 3.8) is 0 Å². The second-order valence-electron chi connectivity index (χ2n) is 5.90. The van der Waals surface area contributed by atoms with Gasteiger partial charge in [-0.1, -0.05) is 18.2 Å². The van der Waals surface area contributed by atoms with Crippen molar-refractivity contribution in [2.75, 3.05) is 50.0 Å². The zero-order chi connectivity index (χ0) is 16.8. The maximum absolute atomic E-state index is 12.3. The van der Waals surface area contributed by atoms with Gasteiger partial charge in [-0.15, -0.1) is 0 Å². The van der Waals surface area contributed by atoms with Gasteiger partial charge in [-0.3, -0.25) is 14.5 Å². The third-order valence-corrected chi connectivity index (χ3v) is 4.64. The van der Waals surface area contributed by atoms with Crippen LogP contribution in [0.15, 0.2) is 18.2 Å². The first-order valence-corrected chi connectivity index (χ1v) is 9.25. The van der Waals surface area contributed by atoms with Crippen LogP contribution in [-0.2, 0) is 9.59 Å². The van der Waals surface area contributed by atoms with Crippen LogP contribution in [-0.4, -0.2) is 66.3 Å². The maximum atomic E-state index is 12.3. The fourth-order valence-corrected chi connectivity index (χ4v) is 3.19. The van der Waals surface area contributed by atoms with Crippen LogP contribution in [0.4, 0.5) is 5.69 Å². The quantitative estimate of drug-likeness (QED) is 0.891. The number of piperazine rings is 1. The zero-order valence-corrected chi connectivity index (χ0v) is 14.9. The highest BCUT2D eigenvalue weighted by molar-refractivity contribution is 7.99. The van der Waals surface area contributed by atoms with E-state index in [1.165, 1.54) is 0 Å². The Hall–Kier alpha value is -1.53. The molecule has 0 spiro atoms. The Kier molecular flexibility index (Phi) is 6.47. The fraction of sp³-hybridized carbons (Fsp3) is 0.529. The van der Waals surface area contributed by atoms with Crippen molar-refractivity contribution in [2.45, 2.75) is 13.8 Å². The monoisotopic (exact) mass is 335 g/mol. The van der Waals surface area contributed by atoms with E-state index in [4.69, 9.17) is 0 Å². The first-order valence-electron chi connectivity index (χ1n) is 7.86. The molecule has 2 rings (SSSR count). The molecule has 1 aromatic rings. The van der Waals surface area contributed by atoms with Gasteiger partial charge in [0.25, 0.3) is 0 Å². The molecule has 1 aliphatic rings. The van der Waals surface area contributed by atoms with Gasteiger partial charge in [0.15, 0.2) is 0 Å². The van der Waals surface area contributed by atoms with Crippen LogP contribution in [0.5, 0.6) is 0 Å². The highest BCUT2D eigenvalue weighted by Crippen LogP contribution is 2.19. The number of anilines is 1. The number of thioether (sulfide) groups is 1. The number of nitrogens with one attached hydrogen (secondary N) is 1. The summed E-state index contributed by atoms with van der Waals surface area (Å²) < 4.78 is 0. The van der Waals surface area contributed by atoms with E-state index in [2.05, 4.69) is 10.2 Å². The Morgan fingerprint density at radius 2 is 1.74 bits per heavy atom. The van der Waals surface area contributed by atoms with Gasteiger partial charge < -0.3 is 10.2 Å². The summed E-state index contributed by atoms with van der Waals surface area (Å²) in [7, 11) is 0.